The van der Waals surface area contributed by atoms with Gasteiger partial charge in [0.1, 0.15) is 5.82 Å². The molecule has 7 heteroatoms. The summed E-state index contributed by atoms with van der Waals surface area (Å²) in [5, 5.41) is 19.4. The predicted octanol–water partition coefficient (Wildman–Crippen LogP) is 3.16. The number of aromatic nitrogens is 2. The van der Waals surface area contributed by atoms with Crippen molar-refractivity contribution in [2.45, 2.75) is 6.42 Å². The first-order valence-electron chi connectivity index (χ1n) is 7.14. The Kier molecular flexibility index (Phi) is 4.07. The summed E-state index contributed by atoms with van der Waals surface area (Å²) in [6, 6.07) is 11.9. The maximum absolute atomic E-state index is 10.8. The fraction of sp³-hybridized carbons (Fsp3) is 0.0588. The van der Waals surface area contributed by atoms with E-state index in [-0.39, 0.29) is 5.69 Å². The first-order valence-corrected chi connectivity index (χ1v) is 7.14. The van der Waals surface area contributed by atoms with Crippen molar-refractivity contribution < 1.29 is 14.8 Å². The molecule has 0 amide bonds. The van der Waals surface area contributed by atoms with Crippen LogP contribution in [-0.4, -0.2) is 26.0 Å². The highest BCUT2D eigenvalue weighted by Gasteiger charge is 2.09. The fourth-order valence-corrected chi connectivity index (χ4v) is 2.36. The molecular formula is C17H13N3O4. The van der Waals surface area contributed by atoms with Gasteiger partial charge in [0.2, 0.25) is 0 Å². The highest BCUT2D eigenvalue weighted by atomic mass is 16.6. The predicted molar refractivity (Wildman–Crippen MR) is 88.7 cm³/mol. The van der Waals surface area contributed by atoms with Gasteiger partial charge >= 0.3 is 5.97 Å². The first kappa shape index (κ1) is 15.4. The summed E-state index contributed by atoms with van der Waals surface area (Å²) in [5.41, 5.74) is 3.11. The van der Waals surface area contributed by atoms with E-state index in [0.717, 1.165) is 17.2 Å². The fourth-order valence-electron chi connectivity index (χ4n) is 2.36. The van der Waals surface area contributed by atoms with Crippen LogP contribution in [0, 0.1) is 10.1 Å². The monoisotopic (exact) mass is 323 g/mol. The Hall–Kier alpha value is -3.48. The van der Waals surface area contributed by atoms with Crippen LogP contribution in [-0.2, 0) is 11.2 Å². The number of H-pyrrole nitrogens is 1. The molecule has 2 N–H and O–H groups in total. The van der Waals surface area contributed by atoms with Crippen LogP contribution < -0.4 is 0 Å². The van der Waals surface area contributed by atoms with Crippen molar-refractivity contribution in [2.24, 2.45) is 0 Å². The normalized spacial score (nSPS) is 11.2. The highest BCUT2D eigenvalue weighted by Crippen LogP contribution is 2.20. The second-order valence-corrected chi connectivity index (χ2v) is 5.23. The number of carbonyl (C=O) groups is 1. The van der Waals surface area contributed by atoms with E-state index in [9.17, 15) is 14.9 Å². The number of nitrogens with one attached hydrogen (secondary N) is 1. The lowest BCUT2D eigenvalue weighted by Crippen LogP contribution is -1.91. The second kappa shape index (κ2) is 6.33. The number of benzene rings is 2. The van der Waals surface area contributed by atoms with Crippen molar-refractivity contribution in [3.63, 3.8) is 0 Å². The second-order valence-electron chi connectivity index (χ2n) is 5.23. The SMILES string of the molecule is O=C(O)C=Cc1ccc(Cc2nc3ccc([N+](=O)[O-])cc3[nH]2)cc1. The molecule has 1 heterocycles. The van der Waals surface area contributed by atoms with E-state index in [1.807, 2.05) is 24.3 Å². The number of carboxylic acids is 1. The van der Waals surface area contributed by atoms with Crippen LogP contribution in [0.15, 0.2) is 48.5 Å². The number of imidazole rings is 1. The van der Waals surface area contributed by atoms with Crippen LogP contribution in [0.1, 0.15) is 17.0 Å². The summed E-state index contributed by atoms with van der Waals surface area (Å²) in [7, 11) is 0. The Morgan fingerprint density at radius 2 is 2.00 bits per heavy atom. The van der Waals surface area contributed by atoms with Crippen molar-refractivity contribution in [3.8, 4) is 0 Å². The number of non-ortho nitro benzene ring substituents is 1. The summed E-state index contributed by atoms with van der Waals surface area (Å²) < 4.78 is 0. The molecule has 0 fully saturated rings. The minimum Gasteiger partial charge on any atom is -0.478 e. The minimum atomic E-state index is -0.990. The molecule has 0 unspecified atom stereocenters. The van der Waals surface area contributed by atoms with Gasteiger partial charge in [-0.25, -0.2) is 9.78 Å². The van der Waals surface area contributed by atoms with Crippen LogP contribution >= 0.6 is 0 Å². The van der Waals surface area contributed by atoms with E-state index in [1.165, 1.54) is 18.2 Å². The summed E-state index contributed by atoms with van der Waals surface area (Å²) in [6.45, 7) is 0. The minimum absolute atomic E-state index is 0.0206. The van der Waals surface area contributed by atoms with Gasteiger partial charge in [0, 0.05) is 24.6 Å². The van der Waals surface area contributed by atoms with Crippen molar-refractivity contribution in [3.05, 3.63) is 75.6 Å². The standard InChI is InChI=1S/C17H13N3O4/c21-17(22)8-5-11-1-3-12(4-2-11)9-16-18-14-7-6-13(20(23)24)10-15(14)19-16/h1-8,10H,9H2,(H,18,19)(H,21,22). The summed E-state index contributed by atoms with van der Waals surface area (Å²) >= 11 is 0. The Bertz CT molecular complexity index is 942. The lowest BCUT2D eigenvalue weighted by molar-refractivity contribution is -0.384. The molecule has 3 aromatic rings. The molecule has 120 valence electrons. The largest absolute Gasteiger partial charge is 0.478 e. The number of carboxylic acid groups (broad SMARTS) is 1. The van der Waals surface area contributed by atoms with Gasteiger partial charge in [-0.15, -0.1) is 0 Å². The number of nitro benzene ring substituents is 1. The average Bonchev–Trinajstić information content (AvgIpc) is 2.95. The zero-order valence-corrected chi connectivity index (χ0v) is 12.5. The maximum Gasteiger partial charge on any atom is 0.328 e. The lowest BCUT2D eigenvalue weighted by Gasteiger charge is -1.99. The third-order valence-electron chi connectivity index (χ3n) is 3.49. The zero-order valence-electron chi connectivity index (χ0n) is 12.5. The van der Waals surface area contributed by atoms with Gasteiger partial charge in [-0.1, -0.05) is 24.3 Å². The van der Waals surface area contributed by atoms with E-state index >= 15 is 0 Å². The van der Waals surface area contributed by atoms with Gasteiger partial charge in [-0.3, -0.25) is 10.1 Å². The van der Waals surface area contributed by atoms with Gasteiger partial charge in [0.05, 0.1) is 16.0 Å². The molecule has 0 atom stereocenters. The number of hydrogen-bond acceptors (Lipinski definition) is 4. The quantitative estimate of drug-likeness (QED) is 0.426. The Balaban J connectivity index is 1.79. The third kappa shape index (κ3) is 3.46. The van der Waals surface area contributed by atoms with Gasteiger partial charge < -0.3 is 10.1 Å². The van der Waals surface area contributed by atoms with Gasteiger partial charge in [0.25, 0.3) is 5.69 Å². The van der Waals surface area contributed by atoms with Gasteiger partial charge in [-0.2, -0.15) is 0 Å². The van der Waals surface area contributed by atoms with E-state index in [1.54, 1.807) is 6.07 Å². The zero-order chi connectivity index (χ0) is 17.1. The first-order chi connectivity index (χ1) is 11.5. The Labute approximate surface area is 136 Å². The average molecular weight is 323 g/mol. The lowest BCUT2D eigenvalue weighted by atomic mass is 10.1. The van der Waals surface area contributed by atoms with Crippen molar-refractivity contribution in [2.75, 3.05) is 0 Å². The highest BCUT2D eigenvalue weighted by molar-refractivity contribution is 5.85. The molecule has 7 nitrogen and oxygen atoms in total. The molecule has 0 saturated heterocycles. The Morgan fingerprint density at radius 3 is 2.67 bits per heavy atom. The van der Waals surface area contributed by atoms with E-state index < -0.39 is 10.9 Å². The number of nitro groups is 1. The molecule has 0 radical (unpaired) electrons. The van der Waals surface area contributed by atoms with Crippen LogP contribution in [0.4, 0.5) is 5.69 Å². The Morgan fingerprint density at radius 1 is 1.25 bits per heavy atom. The topological polar surface area (TPSA) is 109 Å². The maximum atomic E-state index is 10.8. The van der Waals surface area contributed by atoms with Crippen molar-refractivity contribution in [1.82, 2.24) is 9.97 Å². The number of fused-ring (bicyclic) bond motifs is 1. The number of hydrogen-bond donors (Lipinski definition) is 2. The number of aromatic amines is 1. The number of nitrogens with zero attached hydrogens (tertiary/aromatic N) is 2. The van der Waals surface area contributed by atoms with Crippen LogP contribution in [0.5, 0.6) is 0 Å². The molecular weight excluding hydrogens is 310 g/mol. The summed E-state index contributed by atoms with van der Waals surface area (Å²) in [5.74, 6) is -0.283. The molecule has 0 bridgehead atoms. The van der Waals surface area contributed by atoms with Gasteiger partial charge in [0.15, 0.2) is 0 Å². The summed E-state index contributed by atoms with van der Waals surface area (Å²) in [4.78, 5) is 28.4. The van der Waals surface area contributed by atoms with Crippen molar-refractivity contribution >= 4 is 28.8 Å². The number of rotatable bonds is 5. The number of aliphatic carboxylic acids is 1. The van der Waals surface area contributed by atoms with E-state index in [2.05, 4.69) is 9.97 Å². The molecule has 1 aromatic heterocycles. The molecule has 2 aromatic carbocycles. The molecule has 0 aliphatic heterocycles. The van der Waals surface area contributed by atoms with Gasteiger partial charge in [-0.05, 0) is 23.3 Å². The molecule has 24 heavy (non-hydrogen) atoms. The summed E-state index contributed by atoms with van der Waals surface area (Å²) in [6.07, 6.45) is 3.15. The van der Waals surface area contributed by atoms with Crippen LogP contribution in [0.3, 0.4) is 0 Å². The molecule has 0 saturated carbocycles. The van der Waals surface area contributed by atoms with E-state index in [4.69, 9.17) is 5.11 Å². The smallest absolute Gasteiger partial charge is 0.328 e. The van der Waals surface area contributed by atoms with Crippen molar-refractivity contribution in [1.29, 1.82) is 0 Å². The molecule has 3 rings (SSSR count). The molecule has 0 spiro atoms. The molecule has 0 aliphatic rings. The molecule has 0 aliphatic carbocycles. The van der Waals surface area contributed by atoms with E-state index in [0.29, 0.717) is 23.3 Å². The van der Waals surface area contributed by atoms with Crippen LogP contribution in [0.2, 0.25) is 0 Å². The van der Waals surface area contributed by atoms with Crippen LogP contribution in [0.25, 0.3) is 17.1 Å². The third-order valence-corrected chi connectivity index (χ3v) is 3.49.